The number of carbonyl (C=O) groups is 2. The van der Waals surface area contributed by atoms with E-state index in [0.29, 0.717) is 12.0 Å². The molecule has 2 aromatic rings. The summed E-state index contributed by atoms with van der Waals surface area (Å²) >= 11 is 0. The molecule has 26 heavy (non-hydrogen) atoms. The molecule has 136 valence electrons. The van der Waals surface area contributed by atoms with E-state index in [1.807, 2.05) is 13.0 Å². The summed E-state index contributed by atoms with van der Waals surface area (Å²) < 4.78 is 11.3. The first-order valence-electron chi connectivity index (χ1n) is 8.52. The molecule has 6 nitrogen and oxygen atoms in total. The molecule has 0 saturated carbocycles. The Morgan fingerprint density at radius 1 is 1.19 bits per heavy atom. The Bertz CT molecular complexity index is 815. The van der Waals surface area contributed by atoms with Gasteiger partial charge in [-0.05, 0) is 12.0 Å². The van der Waals surface area contributed by atoms with Gasteiger partial charge in [-0.25, -0.2) is 0 Å². The van der Waals surface area contributed by atoms with Gasteiger partial charge in [-0.3, -0.25) is 9.59 Å². The fourth-order valence-corrected chi connectivity index (χ4v) is 2.93. The highest BCUT2D eigenvalue weighted by Crippen LogP contribution is 2.42. The number of fused-ring (bicyclic) bond motifs is 1. The quantitative estimate of drug-likeness (QED) is 0.796. The average Bonchev–Trinajstić information content (AvgIpc) is 2.62. The van der Waals surface area contributed by atoms with Crippen molar-refractivity contribution in [3.63, 3.8) is 0 Å². The molecule has 0 fully saturated rings. The fourth-order valence-electron chi connectivity index (χ4n) is 2.93. The van der Waals surface area contributed by atoms with Crippen molar-refractivity contribution in [2.24, 2.45) is 0 Å². The molecule has 1 aliphatic heterocycles. The summed E-state index contributed by atoms with van der Waals surface area (Å²) in [6.45, 7) is 1.95. The van der Waals surface area contributed by atoms with Crippen LogP contribution in [0.15, 0.2) is 42.5 Å². The second-order valence-electron chi connectivity index (χ2n) is 6.17. The molecule has 1 heterocycles. The molecule has 0 aliphatic carbocycles. The number of hydrogen-bond donors (Lipinski definition) is 2. The molecule has 1 aliphatic rings. The molecule has 0 bridgehead atoms. The monoisotopic (exact) mass is 356 g/mol. The lowest BCUT2D eigenvalue weighted by molar-refractivity contribution is -0.151. The van der Waals surface area contributed by atoms with Crippen LogP contribution in [0.1, 0.15) is 48.2 Å². The van der Waals surface area contributed by atoms with E-state index in [9.17, 15) is 19.8 Å². The van der Waals surface area contributed by atoms with Crippen molar-refractivity contribution < 1.29 is 29.3 Å². The number of esters is 1. The highest BCUT2D eigenvalue weighted by Gasteiger charge is 2.42. The van der Waals surface area contributed by atoms with Gasteiger partial charge in [0.05, 0.1) is 0 Å². The summed E-state index contributed by atoms with van der Waals surface area (Å²) in [6, 6.07) is 11.2. The lowest BCUT2D eigenvalue weighted by Crippen LogP contribution is -2.40. The highest BCUT2D eigenvalue weighted by molar-refractivity contribution is 6.06. The number of hydrogen-bond acceptors (Lipinski definition) is 6. The van der Waals surface area contributed by atoms with Crippen LogP contribution in [0.5, 0.6) is 17.2 Å². The maximum absolute atomic E-state index is 12.9. The Kier molecular flexibility index (Phi) is 5.11. The Hall–Kier alpha value is -3.02. The van der Waals surface area contributed by atoms with E-state index >= 15 is 0 Å². The third-order valence-corrected chi connectivity index (χ3v) is 4.22. The minimum atomic E-state index is -1.20. The van der Waals surface area contributed by atoms with Crippen LogP contribution in [0.2, 0.25) is 0 Å². The number of ether oxygens (including phenoxy) is 2. The standard InChI is InChI=1S/C20H20O6/c1-2-3-9-16(23)26-20-18(24)17-14(22)10-13(21)11-15(17)25-19(20)12-7-5-4-6-8-12/h4-8,10-11,19-22H,2-3,9H2,1H3/t19-,20+/m1/s1. The number of Topliss-reactive ketones (excluding diaryl/α,β-unsaturated/α-hetero) is 1. The summed E-state index contributed by atoms with van der Waals surface area (Å²) in [6.07, 6.45) is -0.370. The Morgan fingerprint density at radius 3 is 2.62 bits per heavy atom. The second-order valence-corrected chi connectivity index (χ2v) is 6.17. The van der Waals surface area contributed by atoms with Crippen LogP contribution in [0, 0.1) is 0 Å². The first-order valence-corrected chi connectivity index (χ1v) is 8.52. The first-order chi connectivity index (χ1) is 12.5. The van der Waals surface area contributed by atoms with Crippen molar-refractivity contribution in [2.45, 2.75) is 38.4 Å². The van der Waals surface area contributed by atoms with Gasteiger partial charge in [-0.15, -0.1) is 0 Å². The van der Waals surface area contributed by atoms with Crippen LogP contribution in [-0.2, 0) is 9.53 Å². The number of phenols is 2. The topological polar surface area (TPSA) is 93.1 Å². The van der Waals surface area contributed by atoms with Crippen molar-refractivity contribution in [3.8, 4) is 17.2 Å². The van der Waals surface area contributed by atoms with Gasteiger partial charge in [0, 0.05) is 18.6 Å². The van der Waals surface area contributed by atoms with E-state index < -0.39 is 29.7 Å². The molecule has 3 rings (SSSR count). The summed E-state index contributed by atoms with van der Waals surface area (Å²) in [5.74, 6) is -1.62. The zero-order chi connectivity index (χ0) is 18.7. The van der Waals surface area contributed by atoms with Gasteiger partial charge >= 0.3 is 5.97 Å². The van der Waals surface area contributed by atoms with E-state index in [1.54, 1.807) is 24.3 Å². The van der Waals surface area contributed by atoms with E-state index in [1.165, 1.54) is 6.07 Å². The third-order valence-electron chi connectivity index (χ3n) is 4.22. The third kappa shape index (κ3) is 3.49. The maximum atomic E-state index is 12.9. The van der Waals surface area contributed by atoms with Gasteiger partial charge < -0.3 is 19.7 Å². The van der Waals surface area contributed by atoms with Gasteiger partial charge in [-0.2, -0.15) is 0 Å². The van der Waals surface area contributed by atoms with Crippen molar-refractivity contribution in [1.82, 2.24) is 0 Å². The van der Waals surface area contributed by atoms with Crippen LogP contribution in [0.25, 0.3) is 0 Å². The van der Waals surface area contributed by atoms with Crippen molar-refractivity contribution in [3.05, 3.63) is 53.6 Å². The zero-order valence-corrected chi connectivity index (χ0v) is 14.3. The molecule has 0 radical (unpaired) electrons. The largest absolute Gasteiger partial charge is 0.508 e. The van der Waals surface area contributed by atoms with E-state index in [4.69, 9.17) is 9.47 Å². The fraction of sp³-hybridized carbons (Fsp3) is 0.300. The number of ketones is 1. The van der Waals surface area contributed by atoms with Gasteiger partial charge in [0.25, 0.3) is 0 Å². The zero-order valence-electron chi connectivity index (χ0n) is 14.3. The smallest absolute Gasteiger partial charge is 0.306 e. The Labute approximate surface area is 151 Å². The lowest BCUT2D eigenvalue weighted by Gasteiger charge is -2.32. The lowest BCUT2D eigenvalue weighted by atomic mass is 9.92. The predicted molar refractivity (Wildman–Crippen MR) is 93.3 cm³/mol. The van der Waals surface area contributed by atoms with Gasteiger partial charge in [0.1, 0.15) is 22.8 Å². The van der Waals surface area contributed by atoms with Crippen LogP contribution < -0.4 is 4.74 Å². The van der Waals surface area contributed by atoms with Crippen LogP contribution in [-0.4, -0.2) is 28.1 Å². The number of unbranched alkanes of at least 4 members (excludes halogenated alkanes) is 1. The SMILES string of the molecule is CCCCC(=O)O[C@H]1C(=O)c2c(O)cc(O)cc2O[C@@H]1c1ccccc1. The highest BCUT2D eigenvalue weighted by atomic mass is 16.6. The molecule has 0 saturated heterocycles. The normalized spacial score (nSPS) is 18.7. The van der Waals surface area contributed by atoms with Crippen molar-refractivity contribution >= 4 is 11.8 Å². The average molecular weight is 356 g/mol. The molecule has 0 amide bonds. The van der Waals surface area contributed by atoms with E-state index in [2.05, 4.69) is 0 Å². The summed E-state index contributed by atoms with van der Waals surface area (Å²) in [5.41, 5.74) is 0.561. The minimum absolute atomic E-state index is 0.0576. The molecule has 0 aromatic heterocycles. The summed E-state index contributed by atoms with van der Waals surface area (Å²) in [5, 5.41) is 19.7. The number of aromatic hydroxyl groups is 2. The van der Waals surface area contributed by atoms with Gasteiger partial charge in [0.2, 0.25) is 11.9 Å². The first kappa shape index (κ1) is 17.8. The number of phenolic OH excluding ortho intramolecular Hbond substituents is 2. The predicted octanol–water partition coefficient (Wildman–Crippen LogP) is 3.52. The Morgan fingerprint density at radius 2 is 1.92 bits per heavy atom. The molecule has 6 heteroatoms. The molecule has 2 atom stereocenters. The van der Waals surface area contributed by atoms with Crippen LogP contribution in [0.3, 0.4) is 0 Å². The molecular formula is C20H20O6. The summed E-state index contributed by atoms with van der Waals surface area (Å²) in [4.78, 5) is 25.1. The second kappa shape index (κ2) is 7.47. The van der Waals surface area contributed by atoms with E-state index in [0.717, 1.165) is 12.5 Å². The minimum Gasteiger partial charge on any atom is -0.508 e. The van der Waals surface area contributed by atoms with Crippen LogP contribution in [0.4, 0.5) is 0 Å². The molecule has 0 spiro atoms. The maximum Gasteiger partial charge on any atom is 0.306 e. The molecule has 2 aromatic carbocycles. The number of carbonyl (C=O) groups excluding carboxylic acids is 2. The van der Waals surface area contributed by atoms with Crippen molar-refractivity contribution in [2.75, 3.05) is 0 Å². The molecule has 0 unspecified atom stereocenters. The number of rotatable bonds is 5. The van der Waals surface area contributed by atoms with Crippen molar-refractivity contribution in [1.29, 1.82) is 0 Å². The van der Waals surface area contributed by atoms with Gasteiger partial charge in [-0.1, -0.05) is 43.7 Å². The van der Waals surface area contributed by atoms with Crippen LogP contribution >= 0.6 is 0 Å². The number of benzene rings is 2. The Balaban J connectivity index is 1.99. The summed E-state index contributed by atoms with van der Waals surface area (Å²) in [7, 11) is 0. The van der Waals surface area contributed by atoms with Gasteiger partial charge in [0.15, 0.2) is 6.10 Å². The molecule has 2 N–H and O–H groups in total. The van der Waals surface area contributed by atoms with E-state index in [-0.39, 0.29) is 23.5 Å². The molecular weight excluding hydrogens is 336 g/mol.